The minimum absolute atomic E-state index is 0.0786. The van der Waals surface area contributed by atoms with Gasteiger partial charge in [0.2, 0.25) is 5.91 Å². The molecule has 2 aliphatic rings. The summed E-state index contributed by atoms with van der Waals surface area (Å²) >= 11 is 2.08. The van der Waals surface area contributed by atoms with Crippen molar-refractivity contribution < 1.29 is 4.79 Å². The third-order valence-corrected chi connectivity index (χ3v) is 6.01. The summed E-state index contributed by atoms with van der Waals surface area (Å²) in [6.45, 7) is 4.78. The van der Waals surface area contributed by atoms with E-state index in [9.17, 15) is 4.79 Å². The van der Waals surface area contributed by atoms with Gasteiger partial charge >= 0.3 is 0 Å². The molecule has 7 heteroatoms. The molecule has 23 heavy (non-hydrogen) atoms. The third-order valence-electron chi connectivity index (χ3n) is 4.96. The van der Waals surface area contributed by atoms with Crippen LogP contribution in [0, 0.1) is 5.92 Å². The summed E-state index contributed by atoms with van der Waals surface area (Å²) in [6, 6.07) is 1.11. The van der Waals surface area contributed by atoms with E-state index in [4.69, 9.17) is 0 Å². The van der Waals surface area contributed by atoms with E-state index in [0.717, 1.165) is 32.0 Å². The molecule has 0 aliphatic carbocycles. The number of carbonyl (C=O) groups is 1. The molecule has 3 rings (SSSR count). The van der Waals surface area contributed by atoms with Gasteiger partial charge in [-0.25, -0.2) is 4.98 Å². The van der Waals surface area contributed by atoms with Crippen LogP contribution >= 0.6 is 11.8 Å². The summed E-state index contributed by atoms with van der Waals surface area (Å²) in [5, 5.41) is 7.29. The van der Waals surface area contributed by atoms with Crippen LogP contribution in [0.25, 0.3) is 0 Å². The van der Waals surface area contributed by atoms with Gasteiger partial charge in [0.15, 0.2) is 0 Å². The van der Waals surface area contributed by atoms with Gasteiger partial charge in [-0.15, -0.1) is 0 Å². The molecule has 1 N–H and O–H groups in total. The Labute approximate surface area is 142 Å². The Morgan fingerprint density at radius 3 is 2.70 bits per heavy atom. The molecule has 0 saturated carbocycles. The van der Waals surface area contributed by atoms with E-state index in [-0.39, 0.29) is 11.8 Å². The van der Waals surface area contributed by atoms with Crippen LogP contribution < -0.4 is 5.32 Å². The van der Waals surface area contributed by atoms with Crippen LogP contribution in [0.1, 0.15) is 32.6 Å². The van der Waals surface area contributed by atoms with Gasteiger partial charge in [0.1, 0.15) is 12.7 Å². The third kappa shape index (κ3) is 4.70. The van der Waals surface area contributed by atoms with Gasteiger partial charge in [0.05, 0.1) is 12.5 Å². The van der Waals surface area contributed by atoms with E-state index >= 15 is 0 Å². The highest BCUT2D eigenvalue weighted by atomic mass is 32.2. The van der Waals surface area contributed by atoms with Crippen molar-refractivity contribution in [2.45, 2.75) is 51.2 Å². The first-order chi connectivity index (χ1) is 11.2. The lowest BCUT2D eigenvalue weighted by Gasteiger charge is -2.39. The topological polar surface area (TPSA) is 63.1 Å². The molecule has 128 valence electrons. The zero-order valence-corrected chi connectivity index (χ0v) is 14.7. The number of nitrogens with one attached hydrogen (secondary N) is 1. The molecule has 1 atom stereocenters. The standard InChI is InChI=1S/C16H27N5OS/c1-13(10-21-12-17-11-18-21)16(22)19-14-2-6-20(7-3-14)15-4-8-23-9-5-15/h11-15H,2-10H2,1H3,(H,19,22). The van der Waals surface area contributed by atoms with Crippen LogP contribution in [0.2, 0.25) is 0 Å². The van der Waals surface area contributed by atoms with Gasteiger partial charge in [0, 0.05) is 25.2 Å². The van der Waals surface area contributed by atoms with E-state index in [1.807, 2.05) is 6.92 Å². The number of rotatable bonds is 5. The maximum atomic E-state index is 12.3. The molecule has 0 spiro atoms. The smallest absolute Gasteiger partial charge is 0.224 e. The first-order valence-electron chi connectivity index (χ1n) is 8.67. The first-order valence-corrected chi connectivity index (χ1v) is 9.82. The molecule has 2 saturated heterocycles. The molecule has 1 unspecified atom stereocenters. The van der Waals surface area contributed by atoms with Crippen molar-refractivity contribution in [3.63, 3.8) is 0 Å². The number of thioether (sulfide) groups is 1. The Morgan fingerprint density at radius 2 is 2.04 bits per heavy atom. The summed E-state index contributed by atoms with van der Waals surface area (Å²) in [5.41, 5.74) is 0. The molecule has 0 radical (unpaired) electrons. The lowest BCUT2D eigenvalue weighted by molar-refractivity contribution is -0.126. The summed E-state index contributed by atoms with van der Waals surface area (Å²) < 4.78 is 1.72. The van der Waals surface area contributed by atoms with E-state index in [1.165, 1.54) is 30.7 Å². The number of nitrogens with zero attached hydrogens (tertiary/aromatic N) is 4. The van der Waals surface area contributed by atoms with E-state index < -0.39 is 0 Å². The van der Waals surface area contributed by atoms with Crippen molar-refractivity contribution in [3.05, 3.63) is 12.7 Å². The predicted molar refractivity (Wildman–Crippen MR) is 92.3 cm³/mol. The second-order valence-electron chi connectivity index (χ2n) is 6.68. The fraction of sp³-hybridized carbons (Fsp3) is 0.812. The average molecular weight is 337 g/mol. The summed E-state index contributed by atoms with van der Waals surface area (Å²) in [6.07, 6.45) is 7.97. The van der Waals surface area contributed by atoms with Crippen LogP contribution in [0.15, 0.2) is 12.7 Å². The highest BCUT2D eigenvalue weighted by molar-refractivity contribution is 7.99. The molecule has 0 aromatic carbocycles. The normalized spacial score (nSPS) is 22.8. The van der Waals surface area contributed by atoms with Crippen LogP contribution in [-0.4, -0.2) is 62.3 Å². The molecule has 2 aliphatic heterocycles. The molecule has 2 fully saturated rings. The number of hydrogen-bond donors (Lipinski definition) is 1. The van der Waals surface area contributed by atoms with Crippen molar-refractivity contribution >= 4 is 17.7 Å². The largest absolute Gasteiger partial charge is 0.353 e. The van der Waals surface area contributed by atoms with E-state index in [1.54, 1.807) is 11.0 Å². The van der Waals surface area contributed by atoms with E-state index in [2.05, 4.69) is 32.1 Å². The highest BCUT2D eigenvalue weighted by Gasteiger charge is 2.27. The van der Waals surface area contributed by atoms with Crippen LogP contribution in [-0.2, 0) is 11.3 Å². The Morgan fingerprint density at radius 1 is 1.30 bits per heavy atom. The van der Waals surface area contributed by atoms with Gasteiger partial charge < -0.3 is 10.2 Å². The van der Waals surface area contributed by atoms with Gasteiger partial charge in [-0.3, -0.25) is 9.48 Å². The molecule has 6 nitrogen and oxygen atoms in total. The Hall–Kier alpha value is -1.08. The number of piperidine rings is 1. The molecule has 0 bridgehead atoms. The number of carbonyl (C=O) groups excluding carboxylic acids is 1. The molecule has 1 aromatic rings. The zero-order chi connectivity index (χ0) is 16.1. The van der Waals surface area contributed by atoms with Gasteiger partial charge in [0.25, 0.3) is 0 Å². The van der Waals surface area contributed by atoms with Crippen LogP contribution in [0.4, 0.5) is 0 Å². The molecule has 1 amide bonds. The number of aromatic nitrogens is 3. The van der Waals surface area contributed by atoms with Crippen molar-refractivity contribution in [2.24, 2.45) is 5.92 Å². The maximum Gasteiger partial charge on any atom is 0.224 e. The van der Waals surface area contributed by atoms with Crippen molar-refractivity contribution in [1.29, 1.82) is 0 Å². The Kier molecular flexibility index (Phi) is 5.94. The predicted octanol–water partition coefficient (Wildman–Crippen LogP) is 1.39. The van der Waals surface area contributed by atoms with Crippen LogP contribution in [0.5, 0.6) is 0 Å². The summed E-state index contributed by atoms with van der Waals surface area (Å²) in [7, 11) is 0. The van der Waals surface area contributed by atoms with Gasteiger partial charge in [-0.05, 0) is 37.2 Å². The minimum atomic E-state index is -0.0786. The number of hydrogen-bond acceptors (Lipinski definition) is 5. The fourth-order valence-corrected chi connectivity index (χ4v) is 4.57. The monoisotopic (exact) mass is 337 g/mol. The first kappa shape index (κ1) is 16.8. The van der Waals surface area contributed by atoms with Gasteiger partial charge in [-0.2, -0.15) is 16.9 Å². The number of likely N-dealkylation sites (tertiary alicyclic amines) is 1. The fourth-order valence-electron chi connectivity index (χ4n) is 3.49. The Bertz CT molecular complexity index is 481. The second-order valence-corrected chi connectivity index (χ2v) is 7.91. The second kappa shape index (κ2) is 8.15. The van der Waals surface area contributed by atoms with Crippen molar-refractivity contribution in [2.75, 3.05) is 24.6 Å². The average Bonchev–Trinajstić information content (AvgIpc) is 3.09. The highest BCUT2D eigenvalue weighted by Crippen LogP contribution is 2.24. The molecular formula is C16H27N5OS. The Balaban J connectivity index is 1.40. The lowest BCUT2D eigenvalue weighted by Crippen LogP contribution is -2.49. The minimum Gasteiger partial charge on any atom is -0.353 e. The van der Waals surface area contributed by atoms with Crippen molar-refractivity contribution in [1.82, 2.24) is 25.0 Å². The maximum absolute atomic E-state index is 12.3. The summed E-state index contributed by atoms with van der Waals surface area (Å²) in [4.78, 5) is 18.9. The van der Waals surface area contributed by atoms with Crippen LogP contribution in [0.3, 0.4) is 0 Å². The van der Waals surface area contributed by atoms with Crippen molar-refractivity contribution in [3.8, 4) is 0 Å². The van der Waals surface area contributed by atoms with Gasteiger partial charge in [-0.1, -0.05) is 6.92 Å². The quantitative estimate of drug-likeness (QED) is 0.880. The number of amides is 1. The molecule has 3 heterocycles. The lowest BCUT2D eigenvalue weighted by atomic mass is 10.00. The molecule has 1 aromatic heterocycles. The SMILES string of the molecule is CC(Cn1cncn1)C(=O)NC1CCN(C2CCSCC2)CC1. The van der Waals surface area contributed by atoms with E-state index in [0.29, 0.717) is 12.6 Å². The molecular weight excluding hydrogens is 310 g/mol. The zero-order valence-electron chi connectivity index (χ0n) is 13.9. The summed E-state index contributed by atoms with van der Waals surface area (Å²) in [5.74, 6) is 2.67.